The number of fused-ring (bicyclic) bond motifs is 1. The average molecular weight is 218 g/mol. The summed E-state index contributed by atoms with van der Waals surface area (Å²) < 4.78 is 1.72. The molecule has 0 aliphatic carbocycles. The number of carbonyl (C=O) groups is 1. The quantitative estimate of drug-likeness (QED) is 0.717. The maximum absolute atomic E-state index is 11.8. The Morgan fingerprint density at radius 2 is 2.12 bits per heavy atom. The molecule has 0 aliphatic rings. The second-order valence-electron chi connectivity index (χ2n) is 4.00. The summed E-state index contributed by atoms with van der Waals surface area (Å²) in [5.74, 6) is -0.0438. The lowest BCUT2D eigenvalue weighted by Gasteiger charge is -2.09. The molecular formula is C11H14N4O. The van der Waals surface area contributed by atoms with Crippen LogP contribution in [0.3, 0.4) is 0 Å². The highest BCUT2D eigenvalue weighted by molar-refractivity contribution is 5.97. The van der Waals surface area contributed by atoms with Gasteiger partial charge in [-0.25, -0.2) is 4.98 Å². The minimum absolute atomic E-state index is 0.0438. The van der Waals surface area contributed by atoms with E-state index in [2.05, 4.69) is 10.1 Å². The Kier molecular flexibility index (Phi) is 2.38. The summed E-state index contributed by atoms with van der Waals surface area (Å²) in [5.41, 5.74) is 2.28. The highest BCUT2D eigenvalue weighted by atomic mass is 16.2. The van der Waals surface area contributed by atoms with Gasteiger partial charge in [-0.2, -0.15) is 5.10 Å². The third kappa shape index (κ3) is 1.54. The molecule has 2 heterocycles. The number of amides is 1. The van der Waals surface area contributed by atoms with E-state index in [4.69, 9.17) is 0 Å². The van der Waals surface area contributed by atoms with Crippen LogP contribution >= 0.6 is 0 Å². The number of aryl methyl sites for hydroxylation is 2. The molecule has 0 aromatic carbocycles. The van der Waals surface area contributed by atoms with Crippen LogP contribution in [-0.4, -0.2) is 39.7 Å². The lowest BCUT2D eigenvalue weighted by atomic mass is 10.2. The van der Waals surface area contributed by atoms with Crippen LogP contribution < -0.4 is 0 Å². The van der Waals surface area contributed by atoms with Crippen molar-refractivity contribution in [3.63, 3.8) is 0 Å². The zero-order valence-corrected chi connectivity index (χ0v) is 9.85. The van der Waals surface area contributed by atoms with Gasteiger partial charge in [-0.15, -0.1) is 0 Å². The Hall–Kier alpha value is -1.91. The van der Waals surface area contributed by atoms with E-state index in [1.165, 1.54) is 4.90 Å². The van der Waals surface area contributed by atoms with Crippen molar-refractivity contribution in [3.8, 4) is 0 Å². The zero-order valence-electron chi connectivity index (χ0n) is 9.85. The van der Waals surface area contributed by atoms with Gasteiger partial charge < -0.3 is 4.90 Å². The van der Waals surface area contributed by atoms with E-state index in [-0.39, 0.29) is 5.91 Å². The van der Waals surface area contributed by atoms with Gasteiger partial charge in [0.2, 0.25) is 0 Å². The summed E-state index contributed by atoms with van der Waals surface area (Å²) in [7, 11) is 5.29. The number of hydrogen-bond acceptors (Lipinski definition) is 3. The van der Waals surface area contributed by atoms with Crippen LogP contribution in [0.25, 0.3) is 11.0 Å². The fourth-order valence-corrected chi connectivity index (χ4v) is 1.68. The number of rotatable bonds is 1. The Morgan fingerprint density at radius 1 is 1.44 bits per heavy atom. The molecule has 0 unspecified atom stereocenters. The van der Waals surface area contributed by atoms with Crippen molar-refractivity contribution in [2.45, 2.75) is 6.92 Å². The molecule has 5 heteroatoms. The number of carbonyl (C=O) groups excluding carboxylic acids is 1. The Balaban J connectivity index is 2.60. The number of aromatic nitrogens is 3. The van der Waals surface area contributed by atoms with E-state index in [0.29, 0.717) is 5.56 Å². The van der Waals surface area contributed by atoms with Gasteiger partial charge in [-0.3, -0.25) is 9.48 Å². The fraction of sp³-hybridized carbons (Fsp3) is 0.364. The van der Waals surface area contributed by atoms with Crippen LogP contribution in [0.2, 0.25) is 0 Å². The first-order valence-corrected chi connectivity index (χ1v) is 5.01. The van der Waals surface area contributed by atoms with Crippen molar-refractivity contribution in [2.24, 2.45) is 7.05 Å². The van der Waals surface area contributed by atoms with Crippen LogP contribution in [0.4, 0.5) is 0 Å². The molecule has 0 aliphatic heterocycles. The molecule has 84 valence electrons. The van der Waals surface area contributed by atoms with Crippen molar-refractivity contribution < 1.29 is 4.79 Å². The Labute approximate surface area is 93.7 Å². The van der Waals surface area contributed by atoms with E-state index in [1.54, 1.807) is 25.0 Å². The summed E-state index contributed by atoms with van der Waals surface area (Å²) in [6, 6.07) is 1.84. The van der Waals surface area contributed by atoms with Crippen LogP contribution in [0.1, 0.15) is 16.1 Å². The predicted molar refractivity (Wildman–Crippen MR) is 61.3 cm³/mol. The molecule has 2 aromatic heterocycles. The van der Waals surface area contributed by atoms with Gasteiger partial charge in [0.15, 0.2) is 5.65 Å². The normalized spacial score (nSPS) is 10.8. The molecule has 16 heavy (non-hydrogen) atoms. The van der Waals surface area contributed by atoms with E-state index >= 15 is 0 Å². The van der Waals surface area contributed by atoms with Gasteiger partial charge in [0.1, 0.15) is 0 Å². The first kappa shape index (κ1) is 10.6. The average Bonchev–Trinajstić information content (AvgIpc) is 2.53. The van der Waals surface area contributed by atoms with Crippen LogP contribution in [0.5, 0.6) is 0 Å². The highest BCUT2D eigenvalue weighted by Crippen LogP contribution is 2.16. The third-order valence-electron chi connectivity index (χ3n) is 2.52. The molecule has 0 spiro atoms. The Bertz CT molecular complexity index is 556. The van der Waals surface area contributed by atoms with E-state index in [9.17, 15) is 4.79 Å². The minimum atomic E-state index is -0.0438. The van der Waals surface area contributed by atoms with Crippen molar-refractivity contribution >= 4 is 16.9 Å². The highest BCUT2D eigenvalue weighted by Gasteiger charge is 2.12. The summed E-state index contributed by atoms with van der Waals surface area (Å²) >= 11 is 0. The van der Waals surface area contributed by atoms with E-state index in [0.717, 1.165) is 16.7 Å². The predicted octanol–water partition coefficient (Wildman–Crippen LogP) is 0.979. The van der Waals surface area contributed by atoms with Crippen LogP contribution in [-0.2, 0) is 7.05 Å². The smallest absolute Gasteiger partial charge is 0.254 e. The van der Waals surface area contributed by atoms with Gasteiger partial charge in [-0.1, -0.05) is 0 Å². The standard InChI is InChI=1S/C11H14N4O/c1-7-9-5-8(11(16)14(2)3)6-12-10(9)15(4)13-7/h5-6H,1-4H3. The van der Waals surface area contributed by atoms with Gasteiger partial charge in [0.05, 0.1) is 11.3 Å². The fourth-order valence-electron chi connectivity index (χ4n) is 1.68. The molecule has 2 rings (SSSR count). The molecule has 0 fully saturated rings. The Morgan fingerprint density at radius 3 is 2.75 bits per heavy atom. The summed E-state index contributed by atoms with van der Waals surface area (Å²) in [4.78, 5) is 17.6. The van der Waals surface area contributed by atoms with Crippen molar-refractivity contribution in [1.29, 1.82) is 0 Å². The molecule has 1 amide bonds. The molecule has 0 saturated carbocycles. The van der Waals surface area contributed by atoms with Crippen molar-refractivity contribution in [3.05, 3.63) is 23.5 Å². The molecule has 0 atom stereocenters. The summed E-state index contributed by atoms with van der Waals surface area (Å²) in [5, 5.41) is 5.19. The first-order chi connectivity index (χ1) is 7.50. The van der Waals surface area contributed by atoms with Gasteiger partial charge in [-0.05, 0) is 13.0 Å². The monoisotopic (exact) mass is 218 g/mol. The molecule has 0 N–H and O–H groups in total. The van der Waals surface area contributed by atoms with Crippen molar-refractivity contribution in [2.75, 3.05) is 14.1 Å². The molecule has 0 saturated heterocycles. The molecule has 2 aromatic rings. The van der Waals surface area contributed by atoms with Gasteiger partial charge in [0, 0.05) is 32.7 Å². The molecule has 0 bridgehead atoms. The van der Waals surface area contributed by atoms with Crippen molar-refractivity contribution in [1.82, 2.24) is 19.7 Å². The topological polar surface area (TPSA) is 51.0 Å². The number of nitrogens with zero attached hydrogens (tertiary/aromatic N) is 4. The van der Waals surface area contributed by atoms with E-state index < -0.39 is 0 Å². The number of hydrogen-bond donors (Lipinski definition) is 0. The van der Waals surface area contributed by atoms with Crippen LogP contribution in [0, 0.1) is 6.92 Å². The first-order valence-electron chi connectivity index (χ1n) is 5.01. The lowest BCUT2D eigenvalue weighted by molar-refractivity contribution is 0.0827. The molecule has 5 nitrogen and oxygen atoms in total. The SMILES string of the molecule is Cc1nn(C)c2ncc(C(=O)N(C)C)cc12. The second kappa shape index (κ2) is 3.59. The summed E-state index contributed by atoms with van der Waals surface area (Å²) in [6.45, 7) is 1.91. The minimum Gasteiger partial charge on any atom is -0.345 e. The van der Waals surface area contributed by atoms with Gasteiger partial charge >= 0.3 is 0 Å². The third-order valence-corrected chi connectivity index (χ3v) is 2.52. The second-order valence-corrected chi connectivity index (χ2v) is 4.00. The maximum Gasteiger partial charge on any atom is 0.254 e. The summed E-state index contributed by atoms with van der Waals surface area (Å²) in [6.07, 6.45) is 1.59. The van der Waals surface area contributed by atoms with Gasteiger partial charge in [0.25, 0.3) is 5.91 Å². The maximum atomic E-state index is 11.8. The van der Waals surface area contributed by atoms with Crippen LogP contribution in [0.15, 0.2) is 12.3 Å². The van der Waals surface area contributed by atoms with E-state index in [1.807, 2.05) is 20.0 Å². The largest absolute Gasteiger partial charge is 0.345 e. The molecule has 0 radical (unpaired) electrons. The zero-order chi connectivity index (χ0) is 11.9. The number of pyridine rings is 1. The lowest BCUT2D eigenvalue weighted by Crippen LogP contribution is -2.21. The molecular weight excluding hydrogens is 204 g/mol.